The highest BCUT2D eigenvalue weighted by Crippen LogP contribution is 2.25. The summed E-state index contributed by atoms with van der Waals surface area (Å²) >= 11 is 0. The van der Waals surface area contributed by atoms with E-state index in [1.165, 1.54) is 5.56 Å². The third-order valence-corrected chi connectivity index (χ3v) is 5.95. The second-order valence-corrected chi connectivity index (χ2v) is 8.55. The second kappa shape index (κ2) is 9.97. The average molecular weight is 455 g/mol. The van der Waals surface area contributed by atoms with Gasteiger partial charge < -0.3 is 14.4 Å². The first-order valence-electron chi connectivity index (χ1n) is 11.4. The number of hydrogen-bond donors (Lipinski definition) is 0. The SMILES string of the molecule is Cc1ccc(Oc2ncccc2C(=O)N2CCOC[C@H](Cc3ccc4cnccc4c3)C2)cn1. The smallest absolute Gasteiger partial charge is 0.259 e. The molecule has 0 saturated carbocycles. The standard InChI is InChI=1S/C27H26N4O3/c1-19-4-7-24(16-30-19)34-26-25(3-2-9-29-26)27(32)31-11-12-33-18-21(17-31)13-20-5-6-23-15-28-10-8-22(23)14-20/h2-10,14-16,21H,11-13,17-18H2,1H3/t21-/m1/s1. The number of carbonyl (C=O) groups excluding carboxylic acids is 1. The number of aryl methyl sites for hydroxylation is 1. The zero-order chi connectivity index (χ0) is 23.3. The van der Waals surface area contributed by atoms with Gasteiger partial charge in [0.15, 0.2) is 0 Å². The topological polar surface area (TPSA) is 77.4 Å². The Morgan fingerprint density at radius 3 is 2.91 bits per heavy atom. The highest BCUT2D eigenvalue weighted by Gasteiger charge is 2.26. The molecule has 0 spiro atoms. The minimum Gasteiger partial charge on any atom is -0.437 e. The fourth-order valence-corrected chi connectivity index (χ4v) is 4.21. The van der Waals surface area contributed by atoms with Crippen LogP contribution in [0.4, 0.5) is 0 Å². The van der Waals surface area contributed by atoms with Gasteiger partial charge in [0.05, 0.1) is 19.4 Å². The van der Waals surface area contributed by atoms with Crippen LogP contribution in [0.2, 0.25) is 0 Å². The number of nitrogens with zero attached hydrogens (tertiary/aromatic N) is 4. The first-order valence-corrected chi connectivity index (χ1v) is 11.4. The van der Waals surface area contributed by atoms with E-state index in [-0.39, 0.29) is 17.7 Å². The van der Waals surface area contributed by atoms with Crippen LogP contribution in [0.25, 0.3) is 10.8 Å². The monoisotopic (exact) mass is 454 g/mol. The molecule has 1 fully saturated rings. The molecular formula is C27H26N4O3. The molecule has 0 aliphatic carbocycles. The Hall–Kier alpha value is -3.84. The molecule has 7 nitrogen and oxygen atoms in total. The minimum absolute atomic E-state index is 0.108. The van der Waals surface area contributed by atoms with Crippen LogP contribution in [0.3, 0.4) is 0 Å². The van der Waals surface area contributed by atoms with Gasteiger partial charge >= 0.3 is 0 Å². The summed E-state index contributed by atoms with van der Waals surface area (Å²) < 4.78 is 11.8. The van der Waals surface area contributed by atoms with Gasteiger partial charge in [-0.05, 0) is 54.6 Å². The molecule has 5 rings (SSSR count). The number of fused-ring (bicyclic) bond motifs is 1. The Kier molecular flexibility index (Phi) is 6.44. The van der Waals surface area contributed by atoms with E-state index in [4.69, 9.17) is 9.47 Å². The van der Waals surface area contributed by atoms with Crippen LogP contribution in [0.1, 0.15) is 21.6 Å². The number of carbonyl (C=O) groups is 1. The summed E-state index contributed by atoms with van der Waals surface area (Å²) in [6.45, 7) is 4.16. The molecule has 4 aromatic rings. The summed E-state index contributed by atoms with van der Waals surface area (Å²) in [5.41, 5.74) is 2.55. The zero-order valence-corrected chi connectivity index (χ0v) is 19.1. The predicted octanol–water partition coefficient (Wildman–Crippen LogP) is 4.46. The summed E-state index contributed by atoms with van der Waals surface area (Å²) in [6, 6.07) is 15.6. The van der Waals surface area contributed by atoms with Gasteiger partial charge in [0.25, 0.3) is 5.91 Å². The van der Waals surface area contributed by atoms with Gasteiger partial charge in [-0.3, -0.25) is 14.8 Å². The van der Waals surface area contributed by atoms with Crippen LogP contribution in [0.15, 0.2) is 73.3 Å². The Morgan fingerprint density at radius 2 is 2.03 bits per heavy atom. The van der Waals surface area contributed by atoms with Crippen LogP contribution < -0.4 is 4.74 Å². The van der Waals surface area contributed by atoms with Crippen molar-refractivity contribution in [2.24, 2.45) is 5.92 Å². The number of amides is 1. The van der Waals surface area contributed by atoms with Crippen molar-refractivity contribution < 1.29 is 14.3 Å². The molecule has 1 saturated heterocycles. The van der Waals surface area contributed by atoms with E-state index in [1.807, 2.05) is 42.4 Å². The number of aromatic nitrogens is 3. The summed E-state index contributed by atoms with van der Waals surface area (Å²) in [5.74, 6) is 0.904. The number of benzene rings is 1. The van der Waals surface area contributed by atoms with Crippen molar-refractivity contribution in [3.05, 3.63) is 90.1 Å². The number of ether oxygens (including phenoxy) is 2. The number of rotatable bonds is 5. The molecule has 0 unspecified atom stereocenters. The molecule has 1 aliphatic heterocycles. The fraction of sp³-hybridized carbons (Fsp3) is 0.259. The van der Waals surface area contributed by atoms with Gasteiger partial charge in [-0.25, -0.2) is 4.98 Å². The minimum atomic E-state index is -0.108. The van der Waals surface area contributed by atoms with Crippen molar-refractivity contribution in [3.63, 3.8) is 0 Å². The maximum absolute atomic E-state index is 13.5. The lowest BCUT2D eigenvalue weighted by Crippen LogP contribution is -2.36. The fourth-order valence-electron chi connectivity index (χ4n) is 4.21. The van der Waals surface area contributed by atoms with Gasteiger partial charge in [-0.1, -0.05) is 18.2 Å². The normalized spacial score (nSPS) is 16.3. The predicted molar refractivity (Wildman–Crippen MR) is 129 cm³/mol. The van der Waals surface area contributed by atoms with Crippen LogP contribution in [-0.4, -0.2) is 52.1 Å². The highest BCUT2D eigenvalue weighted by atomic mass is 16.5. The third-order valence-electron chi connectivity index (χ3n) is 5.95. The highest BCUT2D eigenvalue weighted by molar-refractivity contribution is 5.96. The van der Waals surface area contributed by atoms with Crippen molar-refractivity contribution in [3.8, 4) is 11.6 Å². The van der Waals surface area contributed by atoms with E-state index >= 15 is 0 Å². The van der Waals surface area contributed by atoms with Crippen molar-refractivity contribution >= 4 is 16.7 Å². The molecule has 1 aliphatic rings. The molecule has 172 valence electrons. The van der Waals surface area contributed by atoms with E-state index in [0.29, 0.717) is 37.6 Å². The number of hydrogen-bond acceptors (Lipinski definition) is 6. The van der Waals surface area contributed by atoms with Crippen molar-refractivity contribution in [1.82, 2.24) is 19.9 Å². The molecule has 3 aromatic heterocycles. The van der Waals surface area contributed by atoms with E-state index in [9.17, 15) is 4.79 Å². The van der Waals surface area contributed by atoms with Crippen molar-refractivity contribution in [2.45, 2.75) is 13.3 Å². The third kappa shape index (κ3) is 5.05. The summed E-state index contributed by atoms with van der Waals surface area (Å²) in [7, 11) is 0. The van der Waals surface area contributed by atoms with Crippen molar-refractivity contribution in [1.29, 1.82) is 0 Å². The largest absolute Gasteiger partial charge is 0.437 e. The van der Waals surface area contributed by atoms with E-state index < -0.39 is 0 Å². The van der Waals surface area contributed by atoms with Crippen LogP contribution >= 0.6 is 0 Å². The van der Waals surface area contributed by atoms with Crippen LogP contribution in [0, 0.1) is 12.8 Å². The molecule has 1 amide bonds. The Labute approximate surface area is 198 Å². The molecule has 4 heterocycles. The van der Waals surface area contributed by atoms with Gasteiger partial charge in [0.2, 0.25) is 5.88 Å². The Balaban J connectivity index is 1.33. The molecule has 0 N–H and O–H groups in total. The van der Waals surface area contributed by atoms with Crippen LogP contribution in [-0.2, 0) is 11.2 Å². The summed E-state index contributed by atoms with van der Waals surface area (Å²) in [4.78, 5) is 28.1. The van der Waals surface area contributed by atoms with E-state index in [2.05, 4.69) is 33.2 Å². The maximum Gasteiger partial charge on any atom is 0.259 e. The Bertz CT molecular complexity index is 1290. The molecule has 0 radical (unpaired) electrons. The lowest BCUT2D eigenvalue weighted by Gasteiger charge is -2.24. The van der Waals surface area contributed by atoms with Gasteiger partial charge in [0, 0.05) is 48.7 Å². The van der Waals surface area contributed by atoms with E-state index in [1.54, 1.807) is 24.5 Å². The maximum atomic E-state index is 13.5. The van der Waals surface area contributed by atoms with Gasteiger partial charge in [-0.2, -0.15) is 0 Å². The molecule has 0 bridgehead atoms. The molecule has 34 heavy (non-hydrogen) atoms. The quantitative estimate of drug-likeness (QED) is 0.443. The van der Waals surface area contributed by atoms with Gasteiger partial charge in [0.1, 0.15) is 11.3 Å². The second-order valence-electron chi connectivity index (χ2n) is 8.55. The first kappa shape index (κ1) is 22.0. The van der Waals surface area contributed by atoms with E-state index in [0.717, 1.165) is 22.9 Å². The summed E-state index contributed by atoms with van der Waals surface area (Å²) in [6.07, 6.45) is 7.76. The van der Waals surface area contributed by atoms with Crippen molar-refractivity contribution in [2.75, 3.05) is 26.3 Å². The molecule has 7 heteroatoms. The number of pyridine rings is 3. The molecular weight excluding hydrogens is 428 g/mol. The lowest BCUT2D eigenvalue weighted by atomic mass is 9.97. The summed E-state index contributed by atoms with van der Waals surface area (Å²) in [5, 5.41) is 2.28. The first-order chi connectivity index (χ1) is 16.7. The zero-order valence-electron chi connectivity index (χ0n) is 19.1. The average Bonchev–Trinajstić information content (AvgIpc) is 3.11. The Morgan fingerprint density at radius 1 is 1.09 bits per heavy atom. The van der Waals surface area contributed by atoms with Gasteiger partial charge in [-0.15, -0.1) is 0 Å². The molecule has 1 aromatic carbocycles. The van der Waals surface area contributed by atoms with Crippen LogP contribution in [0.5, 0.6) is 11.6 Å². The lowest BCUT2D eigenvalue weighted by molar-refractivity contribution is 0.0734. The molecule has 1 atom stereocenters.